The van der Waals surface area contributed by atoms with E-state index in [0.29, 0.717) is 6.54 Å². The second kappa shape index (κ2) is 10.5. The molecule has 0 aromatic rings. The summed E-state index contributed by atoms with van der Waals surface area (Å²) in [6.45, 7) is 7.78. The molecule has 1 amide bonds. The van der Waals surface area contributed by atoms with Crippen LogP contribution >= 0.6 is 0 Å². The molecule has 0 saturated heterocycles. The number of amides is 1. The molecule has 4 heteroatoms. The van der Waals surface area contributed by atoms with Crippen molar-refractivity contribution in [3.63, 3.8) is 0 Å². The van der Waals surface area contributed by atoms with Crippen LogP contribution in [0, 0.1) is 0 Å². The van der Waals surface area contributed by atoms with Crippen molar-refractivity contribution >= 4 is 5.91 Å². The van der Waals surface area contributed by atoms with Gasteiger partial charge in [-0.05, 0) is 19.4 Å². The molecule has 4 nitrogen and oxygen atoms in total. The third-order valence-electron chi connectivity index (χ3n) is 1.67. The number of carbonyl (C=O) groups excluding carboxylic acids is 1. The minimum Gasteiger partial charge on any atom is -0.381 e. The number of carbonyl (C=O) groups is 1. The lowest BCUT2D eigenvalue weighted by molar-refractivity contribution is -0.118. The Hall–Kier alpha value is -0.610. The predicted molar refractivity (Wildman–Crippen MR) is 57.3 cm³/mol. The van der Waals surface area contributed by atoms with Gasteiger partial charge in [-0.1, -0.05) is 6.92 Å². The Labute approximate surface area is 86.4 Å². The second-order valence-corrected chi connectivity index (χ2v) is 3.20. The topological polar surface area (TPSA) is 50.4 Å². The SMILES string of the molecule is CCCOCCCNCCNC(C)=O. The van der Waals surface area contributed by atoms with Gasteiger partial charge >= 0.3 is 0 Å². The van der Waals surface area contributed by atoms with Gasteiger partial charge in [0, 0.05) is 33.2 Å². The van der Waals surface area contributed by atoms with Crippen LogP contribution in [0.3, 0.4) is 0 Å². The van der Waals surface area contributed by atoms with Crippen molar-refractivity contribution in [1.82, 2.24) is 10.6 Å². The fourth-order valence-electron chi connectivity index (χ4n) is 0.998. The van der Waals surface area contributed by atoms with Crippen molar-refractivity contribution in [2.24, 2.45) is 0 Å². The monoisotopic (exact) mass is 202 g/mol. The van der Waals surface area contributed by atoms with Crippen molar-refractivity contribution in [3.8, 4) is 0 Å². The molecule has 0 aromatic heterocycles. The van der Waals surface area contributed by atoms with Gasteiger partial charge in [-0.15, -0.1) is 0 Å². The van der Waals surface area contributed by atoms with Crippen molar-refractivity contribution in [2.45, 2.75) is 26.7 Å². The lowest BCUT2D eigenvalue weighted by Crippen LogP contribution is -2.30. The number of nitrogens with one attached hydrogen (secondary N) is 2. The van der Waals surface area contributed by atoms with E-state index < -0.39 is 0 Å². The zero-order valence-corrected chi connectivity index (χ0v) is 9.27. The Morgan fingerprint density at radius 2 is 2.00 bits per heavy atom. The number of hydrogen-bond acceptors (Lipinski definition) is 3. The van der Waals surface area contributed by atoms with E-state index >= 15 is 0 Å². The van der Waals surface area contributed by atoms with Gasteiger partial charge in [-0.25, -0.2) is 0 Å². The zero-order chi connectivity index (χ0) is 10.6. The van der Waals surface area contributed by atoms with E-state index in [4.69, 9.17) is 4.74 Å². The van der Waals surface area contributed by atoms with Crippen LogP contribution < -0.4 is 10.6 Å². The molecule has 2 N–H and O–H groups in total. The summed E-state index contributed by atoms with van der Waals surface area (Å²) >= 11 is 0. The maximum atomic E-state index is 10.5. The highest BCUT2D eigenvalue weighted by Gasteiger charge is 1.90. The largest absolute Gasteiger partial charge is 0.381 e. The average Bonchev–Trinajstić information content (AvgIpc) is 2.15. The minimum absolute atomic E-state index is 0.0260. The van der Waals surface area contributed by atoms with Crippen LogP contribution in [0.2, 0.25) is 0 Å². The Bertz CT molecular complexity index is 140. The minimum atomic E-state index is 0.0260. The molecule has 0 atom stereocenters. The zero-order valence-electron chi connectivity index (χ0n) is 9.27. The van der Waals surface area contributed by atoms with Crippen molar-refractivity contribution < 1.29 is 9.53 Å². The number of hydrogen-bond donors (Lipinski definition) is 2. The normalized spacial score (nSPS) is 10.1. The van der Waals surface area contributed by atoms with Gasteiger partial charge in [0.1, 0.15) is 0 Å². The second-order valence-electron chi connectivity index (χ2n) is 3.20. The fourth-order valence-corrected chi connectivity index (χ4v) is 0.998. The fraction of sp³-hybridized carbons (Fsp3) is 0.900. The predicted octanol–water partition coefficient (Wildman–Crippen LogP) is 0.529. The summed E-state index contributed by atoms with van der Waals surface area (Å²) in [6, 6.07) is 0. The van der Waals surface area contributed by atoms with E-state index in [1.807, 2.05) is 0 Å². The van der Waals surface area contributed by atoms with Gasteiger partial charge in [-0.2, -0.15) is 0 Å². The van der Waals surface area contributed by atoms with Crippen LogP contribution in [-0.2, 0) is 9.53 Å². The van der Waals surface area contributed by atoms with Crippen molar-refractivity contribution in [2.75, 3.05) is 32.8 Å². The molecule has 0 bridgehead atoms. The van der Waals surface area contributed by atoms with Crippen LogP contribution in [0.25, 0.3) is 0 Å². The molecule has 0 saturated carbocycles. The van der Waals surface area contributed by atoms with E-state index in [2.05, 4.69) is 17.6 Å². The maximum absolute atomic E-state index is 10.5. The molecular weight excluding hydrogens is 180 g/mol. The molecule has 0 aliphatic carbocycles. The first-order valence-corrected chi connectivity index (χ1v) is 5.30. The first-order chi connectivity index (χ1) is 6.77. The molecular formula is C10H22N2O2. The first-order valence-electron chi connectivity index (χ1n) is 5.30. The van der Waals surface area contributed by atoms with Crippen LogP contribution in [0.5, 0.6) is 0 Å². The van der Waals surface area contributed by atoms with E-state index in [9.17, 15) is 4.79 Å². The number of rotatable bonds is 9. The molecule has 84 valence electrons. The van der Waals surface area contributed by atoms with Crippen LogP contribution in [0.4, 0.5) is 0 Å². The molecule has 0 aliphatic rings. The maximum Gasteiger partial charge on any atom is 0.216 e. The van der Waals surface area contributed by atoms with E-state index in [-0.39, 0.29) is 5.91 Å². The van der Waals surface area contributed by atoms with E-state index in [1.54, 1.807) is 0 Å². The standard InChI is InChI=1S/C10H22N2O2/c1-3-8-14-9-4-5-11-6-7-12-10(2)13/h11H,3-9H2,1-2H3,(H,12,13). The summed E-state index contributed by atoms with van der Waals surface area (Å²) in [4.78, 5) is 10.5. The highest BCUT2D eigenvalue weighted by atomic mass is 16.5. The average molecular weight is 202 g/mol. The van der Waals surface area contributed by atoms with Gasteiger partial charge in [0.15, 0.2) is 0 Å². The Kier molecular flexibility index (Phi) is 10.0. The molecule has 0 rings (SSSR count). The molecule has 0 radical (unpaired) electrons. The van der Waals surface area contributed by atoms with Crippen LogP contribution in [0.1, 0.15) is 26.7 Å². The van der Waals surface area contributed by atoms with E-state index in [0.717, 1.165) is 39.1 Å². The van der Waals surface area contributed by atoms with Crippen molar-refractivity contribution in [1.29, 1.82) is 0 Å². The highest BCUT2D eigenvalue weighted by molar-refractivity contribution is 5.72. The summed E-state index contributed by atoms with van der Waals surface area (Å²) in [5.74, 6) is 0.0260. The Balaban J connectivity index is 2.88. The van der Waals surface area contributed by atoms with Gasteiger partial charge in [0.25, 0.3) is 0 Å². The lowest BCUT2D eigenvalue weighted by Gasteiger charge is -2.05. The van der Waals surface area contributed by atoms with Gasteiger partial charge in [-0.3, -0.25) is 4.79 Å². The summed E-state index contributed by atoms with van der Waals surface area (Å²) < 4.78 is 5.32. The van der Waals surface area contributed by atoms with Crippen molar-refractivity contribution in [3.05, 3.63) is 0 Å². The smallest absolute Gasteiger partial charge is 0.216 e. The molecule has 14 heavy (non-hydrogen) atoms. The molecule has 0 unspecified atom stereocenters. The summed E-state index contributed by atoms with van der Waals surface area (Å²) in [5, 5.41) is 5.95. The number of ether oxygens (including phenoxy) is 1. The molecule has 0 aliphatic heterocycles. The molecule has 0 fully saturated rings. The quantitative estimate of drug-likeness (QED) is 0.536. The highest BCUT2D eigenvalue weighted by Crippen LogP contribution is 1.83. The van der Waals surface area contributed by atoms with Gasteiger partial charge in [0.05, 0.1) is 0 Å². The third kappa shape index (κ3) is 11.4. The Morgan fingerprint density at radius 3 is 2.64 bits per heavy atom. The Morgan fingerprint density at radius 1 is 1.21 bits per heavy atom. The lowest BCUT2D eigenvalue weighted by atomic mass is 10.4. The summed E-state index contributed by atoms with van der Waals surface area (Å²) in [5.41, 5.74) is 0. The molecule has 0 spiro atoms. The van der Waals surface area contributed by atoms with Gasteiger partial charge in [0.2, 0.25) is 5.91 Å². The van der Waals surface area contributed by atoms with Gasteiger partial charge < -0.3 is 15.4 Å². The van der Waals surface area contributed by atoms with Crippen LogP contribution in [0.15, 0.2) is 0 Å². The molecule has 0 heterocycles. The first kappa shape index (κ1) is 13.4. The summed E-state index contributed by atoms with van der Waals surface area (Å²) in [6.07, 6.45) is 2.11. The molecule has 0 aromatic carbocycles. The van der Waals surface area contributed by atoms with Crippen LogP contribution in [-0.4, -0.2) is 38.8 Å². The summed E-state index contributed by atoms with van der Waals surface area (Å²) in [7, 11) is 0. The third-order valence-corrected chi connectivity index (χ3v) is 1.67. The van der Waals surface area contributed by atoms with E-state index in [1.165, 1.54) is 6.92 Å².